The zero-order valence-corrected chi connectivity index (χ0v) is 22.9. The van der Waals surface area contributed by atoms with Gasteiger partial charge in [-0.3, -0.25) is 0 Å². The second-order valence-electron chi connectivity index (χ2n) is 13.4. The first-order valence-electron chi connectivity index (χ1n) is 15.4. The highest BCUT2D eigenvalue weighted by atomic mass is 15.4. The molecule has 4 aromatic rings. The molecule has 6 saturated heterocycles. The lowest BCUT2D eigenvalue weighted by Gasteiger charge is -2.50. The number of hydrogen-bond acceptors (Lipinski definition) is 0. The van der Waals surface area contributed by atoms with Crippen LogP contribution in [0.15, 0.2) is 72.8 Å². The van der Waals surface area contributed by atoms with Crippen molar-refractivity contribution >= 4 is 21.5 Å². The molecule has 0 spiro atoms. The van der Waals surface area contributed by atoms with Gasteiger partial charge in [0.25, 0.3) is 0 Å². The van der Waals surface area contributed by atoms with Gasteiger partial charge in [-0.2, -0.15) is 0 Å². The van der Waals surface area contributed by atoms with E-state index < -0.39 is 0 Å². The molecular formula is C36H42N2+2. The smallest absolute Gasteiger partial charge is 0.105 e. The number of nitrogens with zero attached hydrogens (tertiary/aromatic N) is 2. The van der Waals surface area contributed by atoms with Gasteiger partial charge in [0, 0.05) is 11.1 Å². The van der Waals surface area contributed by atoms with Crippen LogP contribution in [0.4, 0.5) is 0 Å². The van der Waals surface area contributed by atoms with E-state index in [1.165, 1.54) is 121 Å². The molecule has 0 saturated carbocycles. The summed E-state index contributed by atoms with van der Waals surface area (Å²) in [6.45, 7) is 10.6. The van der Waals surface area contributed by atoms with Crippen molar-refractivity contribution in [3.05, 3.63) is 83.9 Å². The van der Waals surface area contributed by atoms with E-state index in [0.29, 0.717) is 0 Å². The van der Waals surface area contributed by atoms with Crippen molar-refractivity contribution in [2.24, 2.45) is 11.8 Å². The van der Waals surface area contributed by atoms with Crippen LogP contribution in [0.5, 0.6) is 0 Å². The third-order valence-corrected chi connectivity index (χ3v) is 11.4. The minimum Gasteiger partial charge on any atom is -0.320 e. The van der Waals surface area contributed by atoms with E-state index in [1.54, 1.807) is 22.3 Å². The molecule has 2 nitrogen and oxygen atoms in total. The lowest BCUT2D eigenvalue weighted by atomic mass is 9.82. The quantitative estimate of drug-likeness (QED) is 0.243. The molecular weight excluding hydrogens is 460 g/mol. The fraction of sp³-hybridized carbons (Fsp3) is 0.444. The van der Waals surface area contributed by atoms with Gasteiger partial charge in [0.1, 0.15) is 13.1 Å². The first kappa shape index (κ1) is 23.2. The minimum atomic E-state index is 0.998. The SMILES string of the molecule is c1ccc2c(-c3c(C[N+]45CCC(CC4)CC5)ccc4ccccc34)c(C[N+]34CCC(CC3)CC4)ccc2c1. The fourth-order valence-electron chi connectivity index (χ4n) is 8.96. The number of hydrogen-bond donors (Lipinski definition) is 0. The van der Waals surface area contributed by atoms with Gasteiger partial charge < -0.3 is 8.97 Å². The minimum absolute atomic E-state index is 0.998. The predicted molar refractivity (Wildman–Crippen MR) is 159 cm³/mol. The third-order valence-electron chi connectivity index (χ3n) is 11.4. The summed E-state index contributed by atoms with van der Waals surface area (Å²) < 4.78 is 2.62. The topological polar surface area (TPSA) is 0 Å². The molecule has 0 N–H and O–H groups in total. The Morgan fingerprint density at radius 2 is 0.816 bits per heavy atom. The van der Waals surface area contributed by atoms with Crippen LogP contribution in [-0.2, 0) is 13.1 Å². The monoisotopic (exact) mass is 502 g/mol. The highest BCUT2D eigenvalue weighted by Crippen LogP contribution is 2.44. The Kier molecular flexibility index (Phi) is 5.46. The van der Waals surface area contributed by atoms with E-state index >= 15 is 0 Å². The molecule has 6 heterocycles. The van der Waals surface area contributed by atoms with Gasteiger partial charge in [0.15, 0.2) is 0 Å². The lowest BCUT2D eigenvalue weighted by Crippen LogP contribution is -2.57. The second kappa shape index (κ2) is 8.93. The average molecular weight is 503 g/mol. The summed E-state index contributed by atoms with van der Waals surface area (Å²) in [6, 6.07) is 28.2. The van der Waals surface area contributed by atoms with Crippen LogP contribution < -0.4 is 0 Å². The average Bonchev–Trinajstić information content (AvgIpc) is 2.99. The number of benzene rings is 4. The van der Waals surface area contributed by atoms with Crippen molar-refractivity contribution in [2.45, 2.75) is 51.6 Å². The number of rotatable bonds is 5. The standard InChI is InChI=1S/C36H42N2/c1-3-7-33-29(5-1)9-11-31(25-37-19-13-27(14-20-37)15-21-37)35(33)36-32(12-10-30-6-2-4-8-34(30)36)26-38-22-16-28(17-23-38)18-24-38/h1-12,27-28H,13-26H2/q+2. The molecule has 0 radical (unpaired) electrons. The van der Waals surface area contributed by atoms with E-state index in [4.69, 9.17) is 0 Å². The van der Waals surface area contributed by atoms with Gasteiger partial charge in [-0.05, 0) is 83.0 Å². The molecule has 0 aromatic heterocycles. The largest absolute Gasteiger partial charge is 0.320 e. The normalized spacial score (nSPS) is 30.3. The van der Waals surface area contributed by atoms with E-state index in [0.717, 1.165) is 11.8 Å². The maximum atomic E-state index is 2.51. The van der Waals surface area contributed by atoms with Crippen molar-refractivity contribution < 1.29 is 8.97 Å². The van der Waals surface area contributed by atoms with Crippen LogP contribution in [-0.4, -0.2) is 48.2 Å². The Morgan fingerprint density at radius 3 is 1.21 bits per heavy atom. The van der Waals surface area contributed by atoms with Gasteiger partial charge >= 0.3 is 0 Å². The molecule has 0 amide bonds. The molecule has 6 aliphatic rings. The maximum absolute atomic E-state index is 2.51. The molecule has 38 heavy (non-hydrogen) atoms. The van der Waals surface area contributed by atoms with Crippen molar-refractivity contribution in [2.75, 3.05) is 39.3 Å². The molecule has 0 unspecified atom stereocenters. The third kappa shape index (κ3) is 3.83. The van der Waals surface area contributed by atoms with Crippen LogP contribution in [0.3, 0.4) is 0 Å². The Balaban J connectivity index is 1.34. The molecule has 0 aliphatic carbocycles. The van der Waals surface area contributed by atoms with E-state index in [1.807, 2.05) is 0 Å². The summed E-state index contributed by atoms with van der Waals surface area (Å²) in [7, 11) is 0. The highest BCUT2D eigenvalue weighted by Gasteiger charge is 2.42. The zero-order valence-electron chi connectivity index (χ0n) is 22.9. The van der Waals surface area contributed by atoms with Gasteiger partial charge in [-0.1, -0.05) is 72.8 Å². The van der Waals surface area contributed by atoms with Gasteiger partial charge in [-0.15, -0.1) is 0 Å². The maximum Gasteiger partial charge on any atom is 0.105 e. The Hall–Kier alpha value is -2.68. The van der Waals surface area contributed by atoms with Gasteiger partial charge in [0.2, 0.25) is 0 Å². The van der Waals surface area contributed by atoms with Crippen molar-refractivity contribution in [3.8, 4) is 11.1 Å². The fourth-order valence-corrected chi connectivity index (χ4v) is 8.96. The summed E-state index contributed by atoms with van der Waals surface area (Å²) in [4.78, 5) is 0. The Morgan fingerprint density at radius 1 is 0.447 bits per heavy atom. The number of fused-ring (bicyclic) bond motifs is 8. The van der Waals surface area contributed by atoms with Gasteiger partial charge in [-0.25, -0.2) is 0 Å². The van der Waals surface area contributed by atoms with Crippen LogP contribution >= 0.6 is 0 Å². The summed E-state index contributed by atoms with van der Waals surface area (Å²) in [5.74, 6) is 2.00. The Labute approximate surface area is 228 Å². The zero-order chi connectivity index (χ0) is 25.2. The van der Waals surface area contributed by atoms with Crippen molar-refractivity contribution in [1.29, 1.82) is 0 Å². The summed E-state index contributed by atoms with van der Waals surface area (Å²) in [5, 5.41) is 5.66. The molecule has 10 rings (SSSR count). The van der Waals surface area contributed by atoms with Crippen molar-refractivity contribution in [1.82, 2.24) is 0 Å². The van der Waals surface area contributed by atoms with Crippen molar-refractivity contribution in [3.63, 3.8) is 0 Å². The van der Waals surface area contributed by atoms with Gasteiger partial charge in [0.05, 0.1) is 39.3 Å². The molecule has 4 aromatic carbocycles. The van der Waals surface area contributed by atoms with Crippen LogP contribution in [0.2, 0.25) is 0 Å². The van der Waals surface area contributed by atoms with E-state index in [2.05, 4.69) is 72.8 Å². The number of piperidine rings is 6. The summed E-state index contributed by atoms with van der Waals surface area (Å²) in [6.07, 6.45) is 8.60. The lowest BCUT2D eigenvalue weighted by molar-refractivity contribution is -0.955. The second-order valence-corrected chi connectivity index (χ2v) is 13.4. The van der Waals surface area contributed by atoms with Crippen LogP contribution in [0.25, 0.3) is 32.7 Å². The Bertz CT molecular complexity index is 1360. The van der Waals surface area contributed by atoms with E-state index in [9.17, 15) is 0 Å². The number of quaternary nitrogens is 2. The van der Waals surface area contributed by atoms with E-state index in [-0.39, 0.29) is 0 Å². The summed E-state index contributed by atoms with van der Waals surface area (Å²) >= 11 is 0. The molecule has 6 fully saturated rings. The first-order chi connectivity index (χ1) is 18.7. The molecule has 6 aliphatic heterocycles. The van der Waals surface area contributed by atoms with Crippen LogP contribution in [0, 0.1) is 11.8 Å². The molecule has 0 atom stereocenters. The molecule has 2 heteroatoms. The summed E-state index contributed by atoms with van der Waals surface area (Å²) in [5.41, 5.74) is 6.25. The van der Waals surface area contributed by atoms with Crippen LogP contribution in [0.1, 0.15) is 49.7 Å². The predicted octanol–water partition coefficient (Wildman–Crippen LogP) is 7.92. The molecule has 194 valence electrons. The molecule has 4 bridgehead atoms. The highest BCUT2D eigenvalue weighted by molar-refractivity contribution is 6.07. The first-order valence-corrected chi connectivity index (χ1v) is 15.4.